The monoisotopic (exact) mass is 450 g/mol. The van der Waals surface area contributed by atoms with Crippen LogP contribution in [0, 0.1) is 0 Å². The highest BCUT2D eigenvalue weighted by molar-refractivity contribution is 5.88. The van der Waals surface area contributed by atoms with Crippen molar-refractivity contribution in [3.05, 3.63) is 12.7 Å². The van der Waals surface area contributed by atoms with Crippen molar-refractivity contribution in [1.29, 1.82) is 0 Å². The molecule has 0 fully saturated rings. The van der Waals surface area contributed by atoms with Crippen molar-refractivity contribution < 1.29 is 9.28 Å². The number of allylic oxidation sites excluding steroid dienone is 1. The lowest BCUT2D eigenvalue weighted by molar-refractivity contribution is -0.890. The van der Waals surface area contributed by atoms with Crippen LogP contribution >= 0.6 is 0 Å². The Morgan fingerprint density at radius 2 is 0.875 bits per heavy atom. The number of quaternary nitrogens is 1. The van der Waals surface area contributed by atoms with Gasteiger partial charge in [0, 0.05) is 6.42 Å². The van der Waals surface area contributed by atoms with Crippen LogP contribution in [0.15, 0.2) is 12.7 Å². The van der Waals surface area contributed by atoms with Crippen LogP contribution in [-0.4, -0.2) is 37.5 Å². The molecule has 0 aromatic carbocycles. The molecule has 0 aromatic heterocycles. The minimum Gasteiger partial charge on any atom is -0.328 e. The van der Waals surface area contributed by atoms with Crippen LogP contribution in [-0.2, 0) is 4.79 Å². The van der Waals surface area contributed by atoms with Crippen molar-refractivity contribution in [1.82, 2.24) is 0 Å². The molecule has 0 radical (unpaired) electrons. The van der Waals surface area contributed by atoms with E-state index in [-0.39, 0.29) is 5.78 Å². The Kier molecular flexibility index (Phi) is 23.1. The Labute approximate surface area is 203 Å². The molecular formula is C30H60NO+. The van der Waals surface area contributed by atoms with Crippen molar-refractivity contribution >= 4 is 5.78 Å². The van der Waals surface area contributed by atoms with Crippen molar-refractivity contribution in [2.75, 3.05) is 27.2 Å². The number of carbonyl (C=O) groups is 1. The summed E-state index contributed by atoms with van der Waals surface area (Å²) in [7, 11) is 4.76. The molecule has 0 saturated heterocycles. The summed E-state index contributed by atoms with van der Waals surface area (Å²) >= 11 is 0. The van der Waals surface area contributed by atoms with Crippen molar-refractivity contribution in [3.8, 4) is 0 Å². The first-order chi connectivity index (χ1) is 15.5. The van der Waals surface area contributed by atoms with Gasteiger partial charge in [-0.2, -0.15) is 0 Å². The molecule has 0 rings (SSSR count). The van der Waals surface area contributed by atoms with Crippen molar-refractivity contribution in [2.45, 2.75) is 148 Å². The Hall–Kier alpha value is -0.630. The molecule has 0 atom stereocenters. The number of hydrogen-bond acceptors (Lipinski definition) is 1. The first-order valence-electron chi connectivity index (χ1n) is 14.5. The Balaban J connectivity index is 3.12. The van der Waals surface area contributed by atoms with Crippen LogP contribution in [0.5, 0.6) is 0 Å². The van der Waals surface area contributed by atoms with Crippen LogP contribution in [0.4, 0.5) is 0 Å². The maximum Gasteiger partial charge on any atom is 0.155 e. The molecule has 0 N–H and O–H groups in total. The summed E-state index contributed by atoms with van der Waals surface area (Å²) in [5, 5.41) is 0. The van der Waals surface area contributed by atoms with E-state index in [1.54, 1.807) is 0 Å². The predicted molar refractivity (Wildman–Crippen MR) is 144 cm³/mol. The topological polar surface area (TPSA) is 17.1 Å². The lowest BCUT2D eigenvalue weighted by Gasteiger charge is -2.29. The Morgan fingerprint density at radius 3 is 1.19 bits per heavy atom. The Morgan fingerprint density at radius 1 is 0.562 bits per heavy atom. The second-order valence-electron chi connectivity index (χ2n) is 10.9. The van der Waals surface area contributed by atoms with E-state index >= 15 is 0 Å². The van der Waals surface area contributed by atoms with Gasteiger partial charge in [-0.05, 0) is 31.8 Å². The van der Waals surface area contributed by atoms with Gasteiger partial charge in [-0.3, -0.25) is 4.79 Å². The normalized spacial score (nSPS) is 11.7. The molecule has 0 bridgehead atoms. The highest BCUT2D eigenvalue weighted by Gasteiger charge is 2.11. The van der Waals surface area contributed by atoms with Crippen LogP contribution in [0.3, 0.4) is 0 Å². The van der Waals surface area contributed by atoms with Gasteiger partial charge in [-0.15, -0.1) is 0 Å². The summed E-state index contributed by atoms with van der Waals surface area (Å²) in [5.41, 5.74) is 0. The number of rotatable bonds is 26. The van der Waals surface area contributed by atoms with E-state index in [0.717, 1.165) is 6.42 Å². The SMILES string of the molecule is C=CC(=O)CCCCCCCCCCCCCCCCCCCCCC[N+](C)(C)CCC. The predicted octanol–water partition coefficient (Wildman–Crippen LogP) is 9.42. The van der Waals surface area contributed by atoms with E-state index in [2.05, 4.69) is 27.6 Å². The molecule has 0 aliphatic carbocycles. The summed E-state index contributed by atoms with van der Waals surface area (Å²) in [6, 6.07) is 0. The number of hydrogen-bond donors (Lipinski definition) is 0. The standard InChI is InChI=1S/C30H60NO/c1-5-28-31(3,4)29-26-24-22-20-18-16-14-12-10-8-7-9-11-13-15-17-19-21-23-25-27-30(32)6-2/h6H,2,5,7-29H2,1,3-4H3/q+1. The smallest absolute Gasteiger partial charge is 0.155 e. The largest absolute Gasteiger partial charge is 0.328 e. The second-order valence-corrected chi connectivity index (χ2v) is 10.9. The van der Waals surface area contributed by atoms with E-state index in [9.17, 15) is 4.79 Å². The molecule has 0 amide bonds. The van der Waals surface area contributed by atoms with E-state index in [4.69, 9.17) is 0 Å². The van der Waals surface area contributed by atoms with E-state index in [1.165, 1.54) is 152 Å². The first-order valence-corrected chi connectivity index (χ1v) is 14.5. The molecule has 190 valence electrons. The molecule has 0 aliphatic heterocycles. The number of nitrogens with zero attached hydrogens (tertiary/aromatic N) is 1. The summed E-state index contributed by atoms with van der Waals surface area (Å²) in [4.78, 5) is 11.1. The van der Waals surface area contributed by atoms with Crippen molar-refractivity contribution in [3.63, 3.8) is 0 Å². The molecule has 32 heavy (non-hydrogen) atoms. The fourth-order valence-corrected chi connectivity index (χ4v) is 4.84. The number of carbonyl (C=O) groups excluding carboxylic acids is 1. The van der Waals surface area contributed by atoms with E-state index < -0.39 is 0 Å². The molecule has 0 spiro atoms. The molecule has 0 saturated carbocycles. The zero-order valence-electron chi connectivity index (χ0n) is 22.6. The van der Waals surface area contributed by atoms with Crippen molar-refractivity contribution in [2.24, 2.45) is 0 Å². The molecule has 0 aromatic rings. The van der Waals surface area contributed by atoms with Gasteiger partial charge >= 0.3 is 0 Å². The molecule has 2 heteroatoms. The first kappa shape index (κ1) is 31.4. The fraction of sp³-hybridized carbons (Fsp3) is 0.900. The summed E-state index contributed by atoms with van der Waals surface area (Å²) in [6.07, 6.45) is 31.4. The minimum absolute atomic E-state index is 0.202. The van der Waals surface area contributed by atoms with Crippen LogP contribution < -0.4 is 0 Å². The summed E-state index contributed by atoms with van der Waals surface area (Å²) in [5.74, 6) is 0.202. The maximum atomic E-state index is 11.1. The van der Waals surface area contributed by atoms with Gasteiger partial charge in [0.25, 0.3) is 0 Å². The lowest BCUT2D eigenvalue weighted by Crippen LogP contribution is -2.40. The third-order valence-corrected chi connectivity index (χ3v) is 6.99. The maximum absolute atomic E-state index is 11.1. The van der Waals surface area contributed by atoms with Gasteiger partial charge < -0.3 is 4.48 Å². The molecule has 0 aliphatic rings. The third kappa shape index (κ3) is 24.0. The zero-order chi connectivity index (χ0) is 23.8. The van der Waals surface area contributed by atoms with Crippen LogP contribution in [0.25, 0.3) is 0 Å². The lowest BCUT2D eigenvalue weighted by atomic mass is 10.0. The fourth-order valence-electron chi connectivity index (χ4n) is 4.84. The van der Waals surface area contributed by atoms with Gasteiger partial charge in [0.1, 0.15) is 0 Å². The second kappa shape index (κ2) is 23.5. The zero-order valence-corrected chi connectivity index (χ0v) is 22.6. The molecule has 0 heterocycles. The third-order valence-electron chi connectivity index (χ3n) is 6.99. The number of ketones is 1. The van der Waals surface area contributed by atoms with Crippen LogP contribution in [0.1, 0.15) is 148 Å². The van der Waals surface area contributed by atoms with E-state index in [0.29, 0.717) is 6.42 Å². The molecule has 2 nitrogen and oxygen atoms in total. The average molecular weight is 451 g/mol. The van der Waals surface area contributed by atoms with Gasteiger partial charge in [-0.1, -0.05) is 123 Å². The summed E-state index contributed by atoms with van der Waals surface area (Å²) < 4.78 is 1.21. The van der Waals surface area contributed by atoms with Gasteiger partial charge in [0.15, 0.2) is 5.78 Å². The number of unbranched alkanes of at least 4 members (excludes halogenated alkanes) is 19. The quantitative estimate of drug-likeness (QED) is 0.0728. The van der Waals surface area contributed by atoms with Crippen LogP contribution in [0.2, 0.25) is 0 Å². The molecule has 0 unspecified atom stereocenters. The molecular weight excluding hydrogens is 390 g/mol. The highest BCUT2D eigenvalue weighted by Crippen LogP contribution is 2.15. The van der Waals surface area contributed by atoms with E-state index in [1.807, 2.05) is 0 Å². The minimum atomic E-state index is 0.202. The Bertz CT molecular complexity index is 415. The van der Waals surface area contributed by atoms with Gasteiger partial charge in [0.05, 0.1) is 27.2 Å². The summed E-state index contributed by atoms with van der Waals surface area (Å²) in [6.45, 7) is 8.50. The highest BCUT2D eigenvalue weighted by atomic mass is 16.1. The van der Waals surface area contributed by atoms with Gasteiger partial charge in [-0.25, -0.2) is 0 Å². The van der Waals surface area contributed by atoms with Gasteiger partial charge in [0.2, 0.25) is 0 Å². The average Bonchev–Trinajstić information content (AvgIpc) is 2.76.